The summed E-state index contributed by atoms with van der Waals surface area (Å²) in [5, 5.41) is 8.59. The molecule has 0 radical (unpaired) electrons. The number of nitriles is 1. The first kappa shape index (κ1) is 19.6. The molecule has 0 N–H and O–H groups in total. The van der Waals surface area contributed by atoms with E-state index in [-0.39, 0.29) is 13.2 Å². The maximum atomic E-state index is 13.9. The van der Waals surface area contributed by atoms with E-state index in [1.165, 1.54) is 0 Å². The smallest absolute Gasteiger partial charge is 0.205 e. The molecule has 0 bridgehead atoms. The number of benzene rings is 2. The van der Waals surface area contributed by atoms with Crippen molar-refractivity contribution in [1.82, 2.24) is 0 Å². The Bertz CT molecular complexity index is 761. The third kappa shape index (κ3) is 4.26. The number of halogens is 4. The van der Waals surface area contributed by atoms with Crippen LogP contribution in [0.2, 0.25) is 0 Å². The van der Waals surface area contributed by atoms with Crippen LogP contribution in [0.25, 0.3) is 0 Å². The molecule has 0 saturated carbocycles. The SMILES string of the molecule is CCCCN(CCOc1c(F)c(F)c(C#N)c(F)c1F)c1ccccc1. The van der Waals surface area contributed by atoms with Crippen molar-refractivity contribution < 1.29 is 22.3 Å². The Labute approximate surface area is 149 Å². The normalized spacial score (nSPS) is 10.5. The van der Waals surface area contributed by atoms with Crippen LogP contribution in [-0.4, -0.2) is 19.7 Å². The van der Waals surface area contributed by atoms with E-state index in [1.54, 1.807) is 0 Å². The Morgan fingerprint density at radius 1 is 0.962 bits per heavy atom. The van der Waals surface area contributed by atoms with Crippen molar-refractivity contribution in [1.29, 1.82) is 5.26 Å². The van der Waals surface area contributed by atoms with Gasteiger partial charge >= 0.3 is 0 Å². The molecule has 0 unspecified atom stereocenters. The molecule has 0 amide bonds. The van der Waals surface area contributed by atoms with Gasteiger partial charge < -0.3 is 9.64 Å². The molecule has 0 spiro atoms. The Kier molecular flexibility index (Phi) is 6.84. The van der Waals surface area contributed by atoms with Gasteiger partial charge in [-0.05, 0) is 18.6 Å². The summed E-state index contributed by atoms with van der Waals surface area (Å²) in [7, 11) is 0. The van der Waals surface area contributed by atoms with Crippen molar-refractivity contribution in [3.05, 3.63) is 59.2 Å². The van der Waals surface area contributed by atoms with Gasteiger partial charge in [-0.2, -0.15) is 14.0 Å². The zero-order valence-electron chi connectivity index (χ0n) is 14.2. The molecule has 0 heterocycles. The molecule has 0 aliphatic carbocycles. The molecule has 3 nitrogen and oxygen atoms in total. The van der Waals surface area contributed by atoms with E-state index in [0.29, 0.717) is 6.54 Å². The predicted molar refractivity (Wildman–Crippen MR) is 90.0 cm³/mol. The van der Waals surface area contributed by atoms with Gasteiger partial charge in [0.2, 0.25) is 11.6 Å². The van der Waals surface area contributed by atoms with Gasteiger partial charge in [-0.25, -0.2) is 8.78 Å². The Morgan fingerprint density at radius 3 is 2.12 bits per heavy atom. The maximum Gasteiger partial charge on any atom is 0.205 e. The third-order valence-corrected chi connectivity index (χ3v) is 3.85. The minimum Gasteiger partial charge on any atom is -0.486 e. The van der Waals surface area contributed by atoms with Crippen LogP contribution in [0.15, 0.2) is 30.3 Å². The minimum absolute atomic E-state index is 0.183. The fraction of sp³-hybridized carbons (Fsp3) is 0.316. The van der Waals surface area contributed by atoms with Crippen LogP contribution in [0.4, 0.5) is 23.2 Å². The molecule has 2 aromatic carbocycles. The van der Waals surface area contributed by atoms with E-state index >= 15 is 0 Å². The third-order valence-electron chi connectivity index (χ3n) is 3.85. The van der Waals surface area contributed by atoms with Gasteiger partial charge in [-0.15, -0.1) is 0 Å². The number of nitrogens with zero attached hydrogens (tertiary/aromatic N) is 2. The molecule has 0 aromatic heterocycles. The van der Waals surface area contributed by atoms with Gasteiger partial charge in [-0.1, -0.05) is 31.5 Å². The van der Waals surface area contributed by atoms with Crippen molar-refractivity contribution in [3.63, 3.8) is 0 Å². The van der Waals surface area contributed by atoms with Crippen molar-refractivity contribution >= 4 is 5.69 Å². The van der Waals surface area contributed by atoms with Gasteiger partial charge in [0.1, 0.15) is 18.2 Å². The van der Waals surface area contributed by atoms with E-state index in [0.717, 1.165) is 24.6 Å². The van der Waals surface area contributed by atoms with Gasteiger partial charge in [-0.3, -0.25) is 0 Å². The first-order valence-electron chi connectivity index (χ1n) is 8.20. The molecule has 0 atom stereocenters. The highest BCUT2D eigenvalue weighted by molar-refractivity contribution is 5.46. The lowest BCUT2D eigenvalue weighted by molar-refractivity contribution is 0.276. The van der Waals surface area contributed by atoms with E-state index in [2.05, 4.69) is 0 Å². The average molecular weight is 366 g/mol. The monoisotopic (exact) mass is 366 g/mol. The number of unbranched alkanes of at least 4 members (excludes halogenated alkanes) is 1. The Balaban J connectivity index is 2.14. The molecule has 7 heteroatoms. The summed E-state index contributed by atoms with van der Waals surface area (Å²) >= 11 is 0. The highest BCUT2D eigenvalue weighted by Gasteiger charge is 2.26. The van der Waals surface area contributed by atoms with Crippen LogP contribution in [0.3, 0.4) is 0 Å². The summed E-state index contributed by atoms with van der Waals surface area (Å²) in [6.07, 6.45) is 1.86. The molecule has 0 aliphatic heterocycles. The van der Waals surface area contributed by atoms with Crippen molar-refractivity contribution in [3.8, 4) is 11.8 Å². The topological polar surface area (TPSA) is 36.3 Å². The maximum absolute atomic E-state index is 13.9. The summed E-state index contributed by atoms with van der Waals surface area (Å²) in [5.41, 5.74) is -0.399. The van der Waals surface area contributed by atoms with Crippen LogP contribution in [0.5, 0.6) is 5.75 Å². The Hall–Kier alpha value is -2.75. The number of ether oxygens (including phenoxy) is 1. The van der Waals surface area contributed by atoms with E-state index < -0.39 is 34.6 Å². The number of hydrogen-bond acceptors (Lipinski definition) is 3. The van der Waals surface area contributed by atoms with E-state index in [9.17, 15) is 17.6 Å². The van der Waals surface area contributed by atoms with Crippen LogP contribution in [0, 0.1) is 34.6 Å². The number of para-hydroxylation sites is 1. The lowest BCUT2D eigenvalue weighted by Crippen LogP contribution is -2.29. The van der Waals surface area contributed by atoms with E-state index in [4.69, 9.17) is 10.00 Å². The van der Waals surface area contributed by atoms with Gasteiger partial charge in [0, 0.05) is 12.2 Å². The largest absolute Gasteiger partial charge is 0.486 e. The minimum atomic E-state index is -1.76. The lowest BCUT2D eigenvalue weighted by atomic mass is 10.2. The first-order chi connectivity index (χ1) is 12.5. The van der Waals surface area contributed by atoms with Gasteiger partial charge in [0.05, 0.1) is 6.54 Å². The summed E-state index contributed by atoms with van der Waals surface area (Å²) in [6.45, 7) is 2.82. The quantitative estimate of drug-likeness (QED) is 0.497. The van der Waals surface area contributed by atoms with E-state index in [1.807, 2.05) is 42.2 Å². The van der Waals surface area contributed by atoms with Crippen LogP contribution in [-0.2, 0) is 0 Å². The predicted octanol–water partition coefficient (Wildman–Crippen LogP) is 4.80. The van der Waals surface area contributed by atoms with Crippen molar-refractivity contribution in [2.45, 2.75) is 19.8 Å². The lowest BCUT2D eigenvalue weighted by Gasteiger charge is -2.25. The molecular formula is C19H18F4N2O. The van der Waals surface area contributed by atoms with Crippen LogP contribution < -0.4 is 9.64 Å². The fourth-order valence-electron chi connectivity index (χ4n) is 2.45. The zero-order chi connectivity index (χ0) is 19.1. The van der Waals surface area contributed by atoms with Crippen molar-refractivity contribution in [2.75, 3.05) is 24.6 Å². The first-order valence-corrected chi connectivity index (χ1v) is 8.20. The summed E-state index contributed by atoms with van der Waals surface area (Å²) < 4.78 is 60.0. The second-order valence-electron chi connectivity index (χ2n) is 5.60. The summed E-state index contributed by atoms with van der Waals surface area (Å²) in [6, 6.07) is 10.5. The number of rotatable bonds is 8. The number of hydrogen-bond donors (Lipinski definition) is 0. The molecule has 0 fully saturated rings. The molecule has 2 aromatic rings. The number of anilines is 1. The standard InChI is InChI=1S/C19H18F4N2O/c1-2-3-9-25(13-7-5-4-6-8-13)10-11-26-19-17(22)15(20)14(12-24)16(21)18(19)23/h4-8H,2-3,9-11H2,1H3. The summed E-state index contributed by atoms with van der Waals surface area (Å²) in [5.74, 6) is -8.08. The second-order valence-corrected chi connectivity index (χ2v) is 5.60. The highest BCUT2D eigenvalue weighted by Crippen LogP contribution is 2.29. The van der Waals surface area contributed by atoms with Gasteiger partial charge in [0.15, 0.2) is 17.4 Å². The highest BCUT2D eigenvalue weighted by atomic mass is 19.2. The molecule has 0 saturated heterocycles. The average Bonchev–Trinajstić information content (AvgIpc) is 2.66. The van der Waals surface area contributed by atoms with Crippen LogP contribution in [0.1, 0.15) is 25.3 Å². The van der Waals surface area contributed by atoms with Gasteiger partial charge in [0.25, 0.3) is 0 Å². The fourth-order valence-corrected chi connectivity index (χ4v) is 2.45. The van der Waals surface area contributed by atoms with Crippen LogP contribution >= 0.6 is 0 Å². The summed E-state index contributed by atoms with van der Waals surface area (Å²) in [4.78, 5) is 1.95. The molecule has 2 rings (SSSR count). The zero-order valence-corrected chi connectivity index (χ0v) is 14.2. The second kappa shape index (κ2) is 9.09. The molecule has 0 aliphatic rings. The van der Waals surface area contributed by atoms with Crippen molar-refractivity contribution in [2.24, 2.45) is 0 Å². The molecular weight excluding hydrogens is 348 g/mol. The molecule has 26 heavy (non-hydrogen) atoms. The molecule has 138 valence electrons. The Morgan fingerprint density at radius 2 is 1.58 bits per heavy atom.